The van der Waals surface area contributed by atoms with Crippen molar-refractivity contribution in [3.8, 4) is 0 Å². The molecule has 1 aromatic carbocycles. The van der Waals surface area contributed by atoms with Crippen LogP contribution >= 0.6 is 0 Å². The molecule has 2 rings (SSSR count). The third-order valence-electron chi connectivity index (χ3n) is 5.72. The standard InChI is InChI=1S/C27H35N3O5.CH2O2/c1-4-10-25(34)30-26-18(2)11-8-9-14-21(26)24(33)17-22(29-19(3)31)27(35)28-16-15-23(32)20-12-6-5-7-13-20;2-1-3/h5-8,11-14,18,22,26H,4,9-10,15-17H2,1-3H3,(H,28,35)(H,29,31)(H,30,34);1H,(H,2,3)/t18?,22?,26-;/m1./s1. The molecule has 3 amide bonds. The van der Waals surface area contributed by atoms with E-state index in [0.29, 0.717) is 30.4 Å². The van der Waals surface area contributed by atoms with Crippen molar-refractivity contribution in [2.75, 3.05) is 6.54 Å². The predicted octanol–water partition coefficient (Wildman–Crippen LogP) is 2.35. The largest absolute Gasteiger partial charge is 0.483 e. The van der Waals surface area contributed by atoms with Gasteiger partial charge in [0.25, 0.3) is 6.47 Å². The first-order chi connectivity index (χ1) is 18.1. The van der Waals surface area contributed by atoms with E-state index in [-0.39, 0.29) is 49.3 Å². The van der Waals surface area contributed by atoms with Gasteiger partial charge >= 0.3 is 0 Å². The number of nitrogens with one attached hydrogen (secondary N) is 3. The van der Waals surface area contributed by atoms with Gasteiger partial charge < -0.3 is 21.1 Å². The van der Waals surface area contributed by atoms with Crippen LogP contribution in [0.15, 0.2) is 54.1 Å². The predicted molar refractivity (Wildman–Crippen MR) is 142 cm³/mol. The van der Waals surface area contributed by atoms with Crippen molar-refractivity contribution in [3.63, 3.8) is 0 Å². The Hall–Kier alpha value is -4.08. The molecule has 10 nitrogen and oxygen atoms in total. The van der Waals surface area contributed by atoms with Crippen LogP contribution in [0, 0.1) is 5.92 Å². The van der Waals surface area contributed by atoms with Crippen molar-refractivity contribution in [2.45, 2.75) is 65.0 Å². The highest BCUT2D eigenvalue weighted by atomic mass is 16.3. The summed E-state index contributed by atoms with van der Waals surface area (Å²) in [5.41, 5.74) is 0.976. The summed E-state index contributed by atoms with van der Waals surface area (Å²) < 4.78 is 0. The van der Waals surface area contributed by atoms with Crippen molar-refractivity contribution >= 4 is 35.8 Å². The summed E-state index contributed by atoms with van der Waals surface area (Å²) in [5, 5.41) is 15.0. The molecule has 10 heteroatoms. The summed E-state index contributed by atoms with van der Waals surface area (Å²) in [4.78, 5) is 70.7. The molecule has 3 atom stereocenters. The zero-order chi connectivity index (χ0) is 28.5. The average molecular weight is 528 g/mol. The summed E-state index contributed by atoms with van der Waals surface area (Å²) >= 11 is 0. The van der Waals surface area contributed by atoms with E-state index >= 15 is 0 Å². The Morgan fingerprint density at radius 2 is 1.74 bits per heavy atom. The highest BCUT2D eigenvalue weighted by Gasteiger charge is 2.31. The van der Waals surface area contributed by atoms with Gasteiger partial charge in [0.2, 0.25) is 17.7 Å². The molecule has 0 radical (unpaired) electrons. The lowest BCUT2D eigenvalue weighted by Gasteiger charge is -2.26. The second-order valence-corrected chi connectivity index (χ2v) is 8.79. The first kappa shape index (κ1) is 31.9. The molecule has 4 N–H and O–H groups in total. The first-order valence-corrected chi connectivity index (χ1v) is 12.5. The van der Waals surface area contributed by atoms with Gasteiger partial charge in [-0.2, -0.15) is 0 Å². The van der Waals surface area contributed by atoms with Crippen molar-refractivity contribution < 1.29 is 33.9 Å². The van der Waals surface area contributed by atoms with Gasteiger partial charge in [-0.05, 0) is 18.8 Å². The Bertz CT molecular complexity index is 1030. The van der Waals surface area contributed by atoms with Crippen molar-refractivity contribution in [2.24, 2.45) is 5.92 Å². The molecule has 1 aliphatic rings. The number of allylic oxidation sites excluding steroid dienone is 2. The summed E-state index contributed by atoms with van der Waals surface area (Å²) in [6, 6.07) is 7.15. The molecule has 2 unspecified atom stereocenters. The van der Waals surface area contributed by atoms with Gasteiger partial charge in [-0.1, -0.05) is 62.4 Å². The molecule has 0 heterocycles. The zero-order valence-electron chi connectivity index (χ0n) is 22.1. The van der Waals surface area contributed by atoms with Gasteiger partial charge in [0.15, 0.2) is 11.6 Å². The van der Waals surface area contributed by atoms with Crippen molar-refractivity contribution in [1.29, 1.82) is 0 Å². The topological polar surface area (TPSA) is 159 Å². The van der Waals surface area contributed by atoms with E-state index < -0.39 is 23.9 Å². The number of hydrogen-bond donors (Lipinski definition) is 4. The highest BCUT2D eigenvalue weighted by molar-refractivity contribution is 6.01. The summed E-state index contributed by atoms with van der Waals surface area (Å²) in [5.74, 6) is -1.68. The molecule has 0 saturated carbocycles. The molecule has 206 valence electrons. The average Bonchev–Trinajstić information content (AvgIpc) is 3.05. The molecule has 1 aromatic rings. The Kier molecular flexibility index (Phi) is 14.6. The molecule has 38 heavy (non-hydrogen) atoms. The normalized spacial score (nSPS) is 16.9. The number of benzene rings is 1. The van der Waals surface area contributed by atoms with Gasteiger partial charge in [0, 0.05) is 43.9 Å². The number of hydrogen-bond acceptors (Lipinski definition) is 6. The summed E-state index contributed by atoms with van der Waals surface area (Å²) in [6.07, 6.45) is 7.07. The van der Waals surface area contributed by atoms with E-state index in [9.17, 15) is 24.0 Å². The lowest BCUT2D eigenvalue weighted by atomic mass is 9.89. The smallest absolute Gasteiger partial charge is 0.290 e. The maximum atomic E-state index is 13.3. The van der Waals surface area contributed by atoms with Crippen LogP contribution in [0.3, 0.4) is 0 Å². The van der Waals surface area contributed by atoms with Crippen LogP contribution in [0.25, 0.3) is 0 Å². The fourth-order valence-electron chi connectivity index (χ4n) is 3.93. The second kappa shape index (κ2) is 17.4. The Labute approximate surface area is 222 Å². The minimum absolute atomic E-state index is 0.0796. The van der Waals surface area contributed by atoms with E-state index in [2.05, 4.69) is 16.0 Å². The molecule has 0 bridgehead atoms. The third-order valence-corrected chi connectivity index (χ3v) is 5.72. The van der Waals surface area contributed by atoms with E-state index in [1.54, 1.807) is 30.3 Å². The van der Waals surface area contributed by atoms with Crippen LogP contribution in [-0.2, 0) is 24.0 Å². The van der Waals surface area contributed by atoms with Gasteiger partial charge in [0.05, 0.1) is 6.04 Å². The van der Waals surface area contributed by atoms with Crippen molar-refractivity contribution in [1.82, 2.24) is 16.0 Å². The number of carbonyl (C=O) groups excluding carboxylic acids is 5. The van der Waals surface area contributed by atoms with E-state index in [1.165, 1.54) is 6.92 Å². The van der Waals surface area contributed by atoms with Crippen LogP contribution in [-0.4, -0.2) is 59.5 Å². The van der Waals surface area contributed by atoms with Gasteiger partial charge in [0.1, 0.15) is 6.04 Å². The van der Waals surface area contributed by atoms with Crippen molar-refractivity contribution in [3.05, 3.63) is 59.7 Å². The second-order valence-electron chi connectivity index (χ2n) is 8.79. The van der Waals surface area contributed by atoms with Crippen LogP contribution in [0.5, 0.6) is 0 Å². The monoisotopic (exact) mass is 527 g/mol. The van der Waals surface area contributed by atoms with E-state index in [4.69, 9.17) is 9.90 Å². The van der Waals surface area contributed by atoms with Crippen LogP contribution in [0.2, 0.25) is 0 Å². The molecule has 0 spiro atoms. The number of carbonyl (C=O) groups is 6. The maximum absolute atomic E-state index is 13.3. The highest BCUT2D eigenvalue weighted by Crippen LogP contribution is 2.22. The molecule has 0 aromatic heterocycles. The Balaban J connectivity index is 0.00000229. The lowest BCUT2D eigenvalue weighted by Crippen LogP contribution is -2.49. The van der Waals surface area contributed by atoms with Crippen LogP contribution < -0.4 is 16.0 Å². The summed E-state index contributed by atoms with van der Waals surface area (Å²) in [6.45, 7) is 4.92. The van der Waals surface area contributed by atoms with Crippen LogP contribution in [0.1, 0.15) is 63.2 Å². The molecular weight excluding hydrogens is 490 g/mol. The van der Waals surface area contributed by atoms with Crippen LogP contribution in [0.4, 0.5) is 0 Å². The number of ketones is 2. The minimum Gasteiger partial charge on any atom is -0.483 e. The SMILES string of the molecule is CCCC(=O)N[C@H]1C(C(=O)CC(NC(C)=O)C(=O)NCCC(=O)c2ccccc2)=CCC=CC1C.O=CO. The molecule has 0 fully saturated rings. The summed E-state index contributed by atoms with van der Waals surface area (Å²) in [7, 11) is 0. The Morgan fingerprint density at radius 3 is 2.34 bits per heavy atom. The molecule has 0 saturated heterocycles. The fraction of sp³-hybridized carbons (Fsp3) is 0.429. The lowest BCUT2D eigenvalue weighted by molar-refractivity contribution is -0.130. The van der Waals surface area contributed by atoms with Gasteiger partial charge in [-0.3, -0.25) is 28.8 Å². The first-order valence-electron chi connectivity index (χ1n) is 12.5. The third kappa shape index (κ3) is 11.3. The molecule has 0 aliphatic heterocycles. The number of Topliss-reactive ketones (excluding diaryl/α,β-unsaturated/α-hetero) is 2. The number of amides is 3. The molecular formula is C28H37N3O7. The van der Waals surface area contributed by atoms with Gasteiger partial charge in [-0.25, -0.2) is 0 Å². The zero-order valence-corrected chi connectivity index (χ0v) is 22.1. The fourth-order valence-corrected chi connectivity index (χ4v) is 3.93. The number of carboxylic acid groups (broad SMARTS) is 1. The quantitative estimate of drug-likeness (QED) is 0.184. The number of rotatable bonds is 12. The van der Waals surface area contributed by atoms with Gasteiger partial charge in [-0.15, -0.1) is 0 Å². The van der Waals surface area contributed by atoms with E-state index in [1.807, 2.05) is 32.1 Å². The minimum atomic E-state index is -1.09. The molecule has 1 aliphatic carbocycles. The Morgan fingerprint density at radius 1 is 1.08 bits per heavy atom. The maximum Gasteiger partial charge on any atom is 0.290 e. The van der Waals surface area contributed by atoms with E-state index in [0.717, 1.165) is 0 Å².